The van der Waals surface area contributed by atoms with E-state index in [-0.39, 0.29) is 11.6 Å². The molecule has 2 heteroatoms. The van der Waals surface area contributed by atoms with Crippen LogP contribution in [0.25, 0.3) is 0 Å². The van der Waals surface area contributed by atoms with Crippen molar-refractivity contribution in [3.05, 3.63) is 46.5 Å². The molecule has 1 aromatic rings. The molecule has 0 heterocycles. The van der Waals surface area contributed by atoms with Gasteiger partial charge in [0.15, 0.2) is 11.6 Å². The minimum Gasteiger partial charge on any atom is -0.289 e. The Balaban J connectivity index is 2.52. The van der Waals surface area contributed by atoms with Crippen LogP contribution < -0.4 is 0 Å². The van der Waals surface area contributed by atoms with Crippen molar-refractivity contribution in [2.45, 2.75) is 26.7 Å². The summed E-state index contributed by atoms with van der Waals surface area (Å²) < 4.78 is 0. The molecule has 1 aliphatic carbocycles. The molecule has 16 heavy (non-hydrogen) atoms. The molecule has 0 radical (unpaired) electrons. The molecular formula is C14H14O2. The average molecular weight is 214 g/mol. The van der Waals surface area contributed by atoms with Gasteiger partial charge in [0.05, 0.1) is 0 Å². The minimum atomic E-state index is -0.0435. The van der Waals surface area contributed by atoms with Gasteiger partial charge in [-0.25, -0.2) is 0 Å². The van der Waals surface area contributed by atoms with Crippen molar-refractivity contribution in [3.8, 4) is 0 Å². The molecule has 0 aliphatic heterocycles. The normalized spacial score (nSPS) is 14.8. The van der Waals surface area contributed by atoms with Crippen LogP contribution in [0.1, 0.15) is 46.0 Å². The highest BCUT2D eigenvalue weighted by atomic mass is 16.1. The Morgan fingerprint density at radius 1 is 1.12 bits per heavy atom. The zero-order valence-electron chi connectivity index (χ0n) is 9.54. The monoisotopic (exact) mass is 214 g/mol. The van der Waals surface area contributed by atoms with Gasteiger partial charge in [0.25, 0.3) is 0 Å². The first kappa shape index (κ1) is 10.8. The summed E-state index contributed by atoms with van der Waals surface area (Å²) in [4.78, 5) is 23.9. The molecule has 0 unspecified atom stereocenters. The molecule has 2 nitrogen and oxygen atoms in total. The summed E-state index contributed by atoms with van der Waals surface area (Å²) in [6, 6.07) is 5.41. The van der Waals surface area contributed by atoms with E-state index in [0.29, 0.717) is 23.1 Å². The first-order valence-corrected chi connectivity index (χ1v) is 5.53. The van der Waals surface area contributed by atoms with Crippen molar-refractivity contribution >= 4 is 11.6 Å². The van der Waals surface area contributed by atoms with Crippen LogP contribution in [0.3, 0.4) is 0 Å². The summed E-state index contributed by atoms with van der Waals surface area (Å²) in [6.45, 7) is 3.93. The Hall–Kier alpha value is -1.70. The van der Waals surface area contributed by atoms with E-state index in [1.165, 1.54) is 6.08 Å². The Morgan fingerprint density at radius 3 is 2.56 bits per heavy atom. The Kier molecular flexibility index (Phi) is 2.73. The predicted molar refractivity (Wildman–Crippen MR) is 62.8 cm³/mol. The largest absolute Gasteiger partial charge is 0.289 e. The third-order valence-corrected chi connectivity index (χ3v) is 2.80. The molecule has 0 saturated heterocycles. The number of fused-ring (bicyclic) bond motifs is 1. The van der Waals surface area contributed by atoms with Gasteiger partial charge in [-0.3, -0.25) is 9.59 Å². The van der Waals surface area contributed by atoms with Gasteiger partial charge >= 0.3 is 0 Å². The highest BCUT2D eigenvalue weighted by Gasteiger charge is 2.24. The second-order valence-corrected chi connectivity index (χ2v) is 4.16. The maximum absolute atomic E-state index is 12.1. The maximum Gasteiger partial charge on any atom is 0.189 e. The fourth-order valence-electron chi connectivity index (χ4n) is 1.99. The minimum absolute atomic E-state index is 0.0140. The van der Waals surface area contributed by atoms with E-state index in [1.54, 1.807) is 12.1 Å². The maximum atomic E-state index is 12.1. The van der Waals surface area contributed by atoms with E-state index in [1.807, 2.05) is 19.9 Å². The van der Waals surface area contributed by atoms with Crippen molar-refractivity contribution in [3.63, 3.8) is 0 Å². The average Bonchev–Trinajstić information content (AvgIpc) is 2.25. The summed E-state index contributed by atoms with van der Waals surface area (Å²) in [7, 11) is 0. The number of allylic oxidation sites excluding steroid dienone is 2. The molecule has 1 aromatic carbocycles. The smallest absolute Gasteiger partial charge is 0.189 e. The molecular weight excluding hydrogens is 200 g/mol. The first-order valence-electron chi connectivity index (χ1n) is 5.53. The lowest BCUT2D eigenvalue weighted by Crippen LogP contribution is -2.17. The third-order valence-electron chi connectivity index (χ3n) is 2.80. The van der Waals surface area contributed by atoms with Gasteiger partial charge in [-0.2, -0.15) is 0 Å². The lowest BCUT2D eigenvalue weighted by atomic mass is 9.87. The Labute approximate surface area is 95.0 Å². The van der Waals surface area contributed by atoms with E-state index in [0.717, 1.165) is 12.0 Å². The van der Waals surface area contributed by atoms with Crippen molar-refractivity contribution in [2.24, 2.45) is 0 Å². The van der Waals surface area contributed by atoms with E-state index < -0.39 is 0 Å². The zero-order valence-corrected chi connectivity index (χ0v) is 9.54. The lowest BCUT2D eigenvalue weighted by Gasteiger charge is -2.14. The fourth-order valence-corrected chi connectivity index (χ4v) is 1.99. The molecule has 0 bridgehead atoms. The van der Waals surface area contributed by atoms with Crippen LogP contribution in [-0.4, -0.2) is 11.6 Å². The van der Waals surface area contributed by atoms with Crippen molar-refractivity contribution in [1.82, 2.24) is 0 Å². The number of benzene rings is 1. The van der Waals surface area contributed by atoms with Gasteiger partial charge in [-0.1, -0.05) is 31.0 Å². The summed E-state index contributed by atoms with van der Waals surface area (Å²) in [5.74, 6) is -0.0294. The first-order chi connectivity index (χ1) is 7.63. The number of hydrogen-bond donors (Lipinski definition) is 0. The number of aryl methyl sites for hydroxylation is 1. The van der Waals surface area contributed by atoms with Crippen LogP contribution in [0.5, 0.6) is 0 Å². The molecule has 0 N–H and O–H groups in total. The summed E-state index contributed by atoms with van der Waals surface area (Å²) in [5, 5.41) is 0. The second-order valence-electron chi connectivity index (χ2n) is 4.16. The van der Waals surface area contributed by atoms with E-state index in [9.17, 15) is 9.59 Å². The number of hydrogen-bond acceptors (Lipinski definition) is 2. The van der Waals surface area contributed by atoms with Gasteiger partial charge in [0, 0.05) is 16.7 Å². The summed E-state index contributed by atoms with van der Waals surface area (Å²) in [6.07, 6.45) is 3.05. The summed E-state index contributed by atoms with van der Waals surface area (Å²) in [5.41, 5.74) is 2.76. The van der Waals surface area contributed by atoms with Crippen molar-refractivity contribution in [2.75, 3.05) is 0 Å². The van der Waals surface area contributed by atoms with Gasteiger partial charge in [-0.15, -0.1) is 0 Å². The fraction of sp³-hybridized carbons (Fsp3) is 0.286. The van der Waals surface area contributed by atoms with E-state index >= 15 is 0 Å². The Bertz CT molecular complexity index is 495. The SMILES string of the molecule is CCCC1=CC(=O)c2ccc(C)cc2C1=O. The van der Waals surface area contributed by atoms with Crippen LogP contribution in [0.15, 0.2) is 29.8 Å². The van der Waals surface area contributed by atoms with Crippen molar-refractivity contribution in [1.29, 1.82) is 0 Å². The molecule has 0 fully saturated rings. The second kappa shape index (κ2) is 4.05. The van der Waals surface area contributed by atoms with Gasteiger partial charge in [0.1, 0.15) is 0 Å². The molecule has 2 rings (SSSR count). The van der Waals surface area contributed by atoms with Gasteiger partial charge < -0.3 is 0 Å². The van der Waals surface area contributed by atoms with Crippen molar-refractivity contribution < 1.29 is 9.59 Å². The number of Topliss-reactive ketones (excluding diaryl/α,β-unsaturated/α-hetero) is 1. The zero-order chi connectivity index (χ0) is 11.7. The van der Waals surface area contributed by atoms with Gasteiger partial charge in [-0.05, 0) is 25.5 Å². The van der Waals surface area contributed by atoms with E-state index in [4.69, 9.17) is 0 Å². The molecule has 0 amide bonds. The highest BCUT2D eigenvalue weighted by molar-refractivity contribution is 6.24. The van der Waals surface area contributed by atoms with Gasteiger partial charge in [0.2, 0.25) is 0 Å². The molecule has 1 aliphatic rings. The molecule has 0 atom stereocenters. The predicted octanol–water partition coefficient (Wildman–Crippen LogP) is 3.10. The third kappa shape index (κ3) is 1.71. The molecule has 82 valence electrons. The summed E-state index contributed by atoms with van der Waals surface area (Å²) >= 11 is 0. The molecule has 0 spiro atoms. The molecule has 0 aromatic heterocycles. The van der Waals surface area contributed by atoms with Crippen LogP contribution >= 0.6 is 0 Å². The quantitative estimate of drug-likeness (QED) is 0.758. The molecule has 0 saturated carbocycles. The number of carbonyl (C=O) groups excluding carboxylic acids is 2. The Morgan fingerprint density at radius 2 is 1.88 bits per heavy atom. The van der Waals surface area contributed by atoms with E-state index in [2.05, 4.69) is 0 Å². The topological polar surface area (TPSA) is 34.1 Å². The highest BCUT2D eigenvalue weighted by Crippen LogP contribution is 2.24. The lowest BCUT2D eigenvalue weighted by molar-refractivity contribution is 0.0981. The van der Waals surface area contributed by atoms with Crippen LogP contribution in [-0.2, 0) is 0 Å². The number of carbonyl (C=O) groups is 2. The number of rotatable bonds is 2. The number of ketones is 2. The van der Waals surface area contributed by atoms with Crippen LogP contribution in [0.2, 0.25) is 0 Å². The standard InChI is InChI=1S/C14H14O2/c1-3-4-10-8-13(15)11-6-5-9(2)7-12(11)14(10)16/h5-8H,3-4H2,1-2H3. The van der Waals surface area contributed by atoms with Crippen LogP contribution in [0, 0.1) is 6.92 Å². The van der Waals surface area contributed by atoms with Crippen LogP contribution in [0.4, 0.5) is 0 Å².